The van der Waals surface area contributed by atoms with Gasteiger partial charge >= 0.3 is 0 Å². The zero-order valence-electron chi connectivity index (χ0n) is 17.0. The van der Waals surface area contributed by atoms with Crippen molar-refractivity contribution in [3.05, 3.63) is 42.5 Å². The van der Waals surface area contributed by atoms with Crippen molar-refractivity contribution in [1.82, 2.24) is 39.7 Å². The van der Waals surface area contributed by atoms with Crippen LogP contribution in [0, 0.1) is 19.8 Å². The second-order valence-corrected chi connectivity index (χ2v) is 7.59. The lowest BCUT2D eigenvalue weighted by Crippen LogP contribution is -2.36. The van der Waals surface area contributed by atoms with Crippen LogP contribution < -0.4 is 9.64 Å². The highest BCUT2D eigenvalue weighted by molar-refractivity contribution is 5.82. The van der Waals surface area contributed by atoms with E-state index in [0.717, 1.165) is 48.7 Å². The largest absolute Gasteiger partial charge is 0.477 e. The van der Waals surface area contributed by atoms with Gasteiger partial charge in [0.05, 0.1) is 18.6 Å². The first-order valence-corrected chi connectivity index (χ1v) is 10.0. The third-order valence-electron chi connectivity index (χ3n) is 5.44. The molecule has 10 nitrogen and oxygen atoms in total. The molecular weight excluding hydrogens is 382 g/mol. The van der Waals surface area contributed by atoms with Crippen LogP contribution in [-0.2, 0) is 0 Å². The summed E-state index contributed by atoms with van der Waals surface area (Å²) in [7, 11) is 0. The monoisotopic (exact) mass is 405 g/mol. The van der Waals surface area contributed by atoms with Gasteiger partial charge in [-0.25, -0.2) is 29.6 Å². The van der Waals surface area contributed by atoms with E-state index in [2.05, 4.69) is 39.9 Å². The molecule has 4 aromatic heterocycles. The molecule has 1 N–H and O–H groups in total. The van der Waals surface area contributed by atoms with E-state index in [4.69, 9.17) is 4.74 Å². The Hall–Kier alpha value is -3.56. The van der Waals surface area contributed by atoms with Crippen molar-refractivity contribution >= 4 is 17.0 Å². The molecule has 5 heterocycles. The molecule has 30 heavy (non-hydrogen) atoms. The maximum absolute atomic E-state index is 6.00. The maximum atomic E-state index is 6.00. The van der Waals surface area contributed by atoms with Crippen molar-refractivity contribution in [2.24, 2.45) is 5.92 Å². The van der Waals surface area contributed by atoms with Gasteiger partial charge in [-0.2, -0.15) is 5.10 Å². The number of nitrogens with one attached hydrogen (secondary N) is 1. The average Bonchev–Trinajstić information content (AvgIpc) is 3.38. The Kier molecular flexibility index (Phi) is 4.74. The molecule has 0 radical (unpaired) electrons. The number of ether oxygens (including phenoxy) is 1. The zero-order chi connectivity index (χ0) is 20.5. The summed E-state index contributed by atoms with van der Waals surface area (Å²) >= 11 is 0. The van der Waals surface area contributed by atoms with Crippen LogP contribution in [0.5, 0.6) is 5.88 Å². The highest BCUT2D eigenvalue weighted by Gasteiger charge is 2.23. The van der Waals surface area contributed by atoms with Crippen LogP contribution in [0.25, 0.3) is 17.0 Å². The Morgan fingerprint density at radius 3 is 2.67 bits per heavy atom. The summed E-state index contributed by atoms with van der Waals surface area (Å²) < 4.78 is 7.81. The summed E-state index contributed by atoms with van der Waals surface area (Å²) in [4.78, 5) is 26.9. The van der Waals surface area contributed by atoms with E-state index in [1.165, 1.54) is 6.33 Å². The second kappa shape index (κ2) is 7.69. The molecule has 0 atom stereocenters. The molecule has 4 aromatic rings. The van der Waals surface area contributed by atoms with Gasteiger partial charge in [0.15, 0.2) is 17.3 Å². The van der Waals surface area contributed by atoms with E-state index in [-0.39, 0.29) is 0 Å². The highest BCUT2D eigenvalue weighted by Crippen LogP contribution is 2.26. The summed E-state index contributed by atoms with van der Waals surface area (Å²) in [5.74, 6) is 2.67. The van der Waals surface area contributed by atoms with Gasteiger partial charge in [0.25, 0.3) is 0 Å². The number of aromatic nitrogens is 8. The van der Waals surface area contributed by atoms with Crippen molar-refractivity contribution in [2.45, 2.75) is 26.7 Å². The zero-order valence-corrected chi connectivity index (χ0v) is 17.0. The van der Waals surface area contributed by atoms with Gasteiger partial charge in [-0.1, -0.05) is 0 Å². The fraction of sp³-hybridized carbons (Fsp3) is 0.400. The SMILES string of the molecule is Cc1cc(C)n(-c2cc(OCC3CCN(c4ncnc5nc[nH]c45)CC3)ncn2)n1. The number of nitrogens with zero attached hydrogens (tertiary/aromatic N) is 8. The minimum absolute atomic E-state index is 0.465. The van der Waals surface area contributed by atoms with Crippen LogP contribution in [-0.4, -0.2) is 59.4 Å². The van der Waals surface area contributed by atoms with Gasteiger partial charge in [0.1, 0.15) is 18.2 Å². The molecule has 154 valence electrons. The number of imidazole rings is 1. The van der Waals surface area contributed by atoms with Crippen LogP contribution in [0.4, 0.5) is 5.82 Å². The van der Waals surface area contributed by atoms with E-state index >= 15 is 0 Å². The number of fused-ring (bicyclic) bond motifs is 1. The van der Waals surface area contributed by atoms with Gasteiger partial charge < -0.3 is 14.6 Å². The Labute approximate surface area is 173 Å². The Bertz CT molecular complexity index is 1160. The van der Waals surface area contributed by atoms with Crippen LogP contribution >= 0.6 is 0 Å². The number of aromatic amines is 1. The number of rotatable bonds is 5. The summed E-state index contributed by atoms with van der Waals surface area (Å²) in [6.45, 7) is 6.43. The van der Waals surface area contributed by atoms with Gasteiger partial charge in [-0.15, -0.1) is 0 Å². The quantitative estimate of drug-likeness (QED) is 0.538. The van der Waals surface area contributed by atoms with E-state index in [1.54, 1.807) is 17.3 Å². The number of piperidine rings is 1. The van der Waals surface area contributed by atoms with Crippen molar-refractivity contribution in [1.29, 1.82) is 0 Å². The summed E-state index contributed by atoms with van der Waals surface area (Å²) in [5.41, 5.74) is 3.58. The van der Waals surface area contributed by atoms with Crippen LogP contribution in [0.2, 0.25) is 0 Å². The smallest absolute Gasteiger partial charge is 0.218 e. The lowest BCUT2D eigenvalue weighted by molar-refractivity contribution is 0.215. The number of anilines is 1. The molecule has 1 aliphatic heterocycles. The molecule has 0 spiro atoms. The number of H-pyrrole nitrogens is 1. The van der Waals surface area contributed by atoms with Crippen molar-refractivity contribution < 1.29 is 4.74 Å². The van der Waals surface area contributed by atoms with E-state index in [1.807, 2.05) is 26.0 Å². The first-order valence-electron chi connectivity index (χ1n) is 10.0. The number of hydrogen-bond donors (Lipinski definition) is 1. The Balaban J connectivity index is 1.20. The average molecular weight is 405 g/mol. The molecular formula is C20H23N9O. The first kappa shape index (κ1) is 18.5. The van der Waals surface area contributed by atoms with E-state index in [0.29, 0.717) is 29.9 Å². The van der Waals surface area contributed by atoms with Crippen LogP contribution in [0.1, 0.15) is 24.2 Å². The van der Waals surface area contributed by atoms with Crippen molar-refractivity contribution in [2.75, 3.05) is 24.6 Å². The molecule has 1 aliphatic rings. The fourth-order valence-corrected chi connectivity index (χ4v) is 3.89. The first-order chi connectivity index (χ1) is 14.7. The predicted octanol–water partition coefficient (Wildman–Crippen LogP) is 2.24. The minimum Gasteiger partial charge on any atom is -0.477 e. The number of aryl methyl sites for hydroxylation is 2. The predicted molar refractivity (Wildman–Crippen MR) is 111 cm³/mol. The standard InChI is InChI=1S/C20H23N9O/c1-13-7-14(2)29(27-13)16-8-17(22-10-21-16)30-9-15-3-5-28(6-4-15)20-18-19(24-11-23-18)25-12-26-20/h7-8,10-12,15H,3-6,9H2,1-2H3,(H,23,24,25,26). The molecule has 0 unspecified atom stereocenters. The highest BCUT2D eigenvalue weighted by atomic mass is 16.5. The normalized spacial score (nSPS) is 15.1. The minimum atomic E-state index is 0.465. The van der Waals surface area contributed by atoms with Crippen LogP contribution in [0.3, 0.4) is 0 Å². The molecule has 0 amide bonds. The molecule has 1 saturated heterocycles. The van der Waals surface area contributed by atoms with Gasteiger partial charge in [-0.3, -0.25) is 0 Å². The molecule has 10 heteroatoms. The van der Waals surface area contributed by atoms with E-state index < -0.39 is 0 Å². The lowest BCUT2D eigenvalue weighted by Gasteiger charge is -2.32. The second-order valence-electron chi connectivity index (χ2n) is 7.59. The van der Waals surface area contributed by atoms with Gasteiger partial charge in [-0.05, 0) is 38.7 Å². The molecule has 0 aromatic carbocycles. The summed E-state index contributed by atoms with van der Waals surface area (Å²) in [6, 6.07) is 3.86. The Morgan fingerprint density at radius 2 is 1.87 bits per heavy atom. The molecule has 1 fully saturated rings. The topological polar surface area (TPSA) is 111 Å². The third-order valence-corrected chi connectivity index (χ3v) is 5.44. The van der Waals surface area contributed by atoms with Crippen molar-refractivity contribution in [3.8, 4) is 11.7 Å². The number of hydrogen-bond acceptors (Lipinski definition) is 8. The molecule has 0 bridgehead atoms. The van der Waals surface area contributed by atoms with Crippen molar-refractivity contribution in [3.63, 3.8) is 0 Å². The molecule has 0 aliphatic carbocycles. The van der Waals surface area contributed by atoms with Gasteiger partial charge in [0.2, 0.25) is 5.88 Å². The van der Waals surface area contributed by atoms with Gasteiger partial charge in [0, 0.05) is 24.8 Å². The molecule has 0 saturated carbocycles. The maximum Gasteiger partial charge on any atom is 0.218 e. The fourth-order valence-electron chi connectivity index (χ4n) is 3.89. The lowest BCUT2D eigenvalue weighted by atomic mass is 9.98. The van der Waals surface area contributed by atoms with E-state index in [9.17, 15) is 0 Å². The summed E-state index contributed by atoms with van der Waals surface area (Å²) in [5, 5.41) is 4.47. The summed E-state index contributed by atoms with van der Waals surface area (Å²) in [6.07, 6.45) is 6.80. The third kappa shape index (κ3) is 3.56. The van der Waals surface area contributed by atoms with Crippen LogP contribution in [0.15, 0.2) is 31.1 Å². The Morgan fingerprint density at radius 1 is 1.03 bits per heavy atom. The molecule has 5 rings (SSSR count).